The molecule has 1 aliphatic rings. The van der Waals surface area contributed by atoms with Crippen LogP contribution >= 0.6 is 0 Å². The fourth-order valence-corrected chi connectivity index (χ4v) is 2.82. The van der Waals surface area contributed by atoms with E-state index in [2.05, 4.69) is 25.8 Å². The Morgan fingerprint density at radius 3 is 3.00 bits per heavy atom. The summed E-state index contributed by atoms with van der Waals surface area (Å²) >= 11 is 0. The number of nitrogens with one attached hydrogen (secondary N) is 2. The van der Waals surface area contributed by atoms with Gasteiger partial charge >= 0.3 is 0 Å². The Kier molecular flexibility index (Phi) is 4.55. The van der Waals surface area contributed by atoms with E-state index >= 15 is 0 Å². The molecule has 0 bridgehead atoms. The zero-order valence-electron chi connectivity index (χ0n) is 14.5. The van der Waals surface area contributed by atoms with Gasteiger partial charge in [-0.2, -0.15) is 0 Å². The van der Waals surface area contributed by atoms with E-state index in [1.54, 1.807) is 7.05 Å². The first kappa shape index (κ1) is 16.2. The van der Waals surface area contributed by atoms with Crippen LogP contribution in [0.4, 0.5) is 0 Å². The lowest BCUT2D eigenvalue weighted by atomic mass is 10.1. The molecule has 3 heterocycles. The largest absolute Gasteiger partial charge is 0.454 e. The van der Waals surface area contributed by atoms with Gasteiger partial charge in [-0.25, -0.2) is 0 Å². The van der Waals surface area contributed by atoms with E-state index in [4.69, 9.17) is 9.47 Å². The molecule has 0 radical (unpaired) electrons. The summed E-state index contributed by atoms with van der Waals surface area (Å²) in [7, 11) is 1.75. The van der Waals surface area contributed by atoms with Crippen LogP contribution in [0.3, 0.4) is 0 Å². The van der Waals surface area contributed by atoms with E-state index in [0.29, 0.717) is 13.3 Å². The minimum atomic E-state index is 0.297. The first-order chi connectivity index (χ1) is 12.8. The number of hydrogen-bond acceptors (Lipinski definition) is 5. The number of ether oxygens (including phenoxy) is 2. The third-order valence-corrected chi connectivity index (χ3v) is 4.16. The Morgan fingerprint density at radius 1 is 1.15 bits per heavy atom. The van der Waals surface area contributed by atoms with Crippen LogP contribution in [-0.4, -0.2) is 40.9 Å². The van der Waals surface area contributed by atoms with Crippen LogP contribution in [0.5, 0.6) is 11.5 Å². The van der Waals surface area contributed by atoms with Crippen molar-refractivity contribution in [2.24, 2.45) is 4.99 Å². The highest BCUT2D eigenvalue weighted by molar-refractivity contribution is 5.79. The summed E-state index contributed by atoms with van der Waals surface area (Å²) in [5, 5.41) is 14.9. The van der Waals surface area contributed by atoms with Crippen LogP contribution < -0.4 is 20.1 Å². The fourth-order valence-electron chi connectivity index (χ4n) is 2.82. The zero-order valence-corrected chi connectivity index (χ0v) is 14.5. The summed E-state index contributed by atoms with van der Waals surface area (Å²) in [5.41, 5.74) is 2.01. The molecule has 0 unspecified atom stereocenters. The molecule has 2 N–H and O–H groups in total. The number of guanidine groups is 1. The molecule has 8 nitrogen and oxygen atoms in total. The maximum Gasteiger partial charge on any atom is 0.231 e. The quantitative estimate of drug-likeness (QED) is 0.533. The van der Waals surface area contributed by atoms with Gasteiger partial charge in [0.2, 0.25) is 6.79 Å². The van der Waals surface area contributed by atoms with Crippen molar-refractivity contribution in [2.75, 3.05) is 20.4 Å². The monoisotopic (exact) mass is 352 g/mol. The maximum atomic E-state index is 5.41. The third-order valence-electron chi connectivity index (χ3n) is 4.16. The van der Waals surface area contributed by atoms with Gasteiger partial charge in [-0.05, 0) is 36.2 Å². The molecular formula is C18H20N6O2. The summed E-state index contributed by atoms with van der Waals surface area (Å²) in [4.78, 5) is 4.25. The van der Waals surface area contributed by atoms with Crippen LogP contribution in [0, 0.1) is 0 Å². The van der Waals surface area contributed by atoms with Gasteiger partial charge in [-0.1, -0.05) is 12.1 Å². The molecule has 26 heavy (non-hydrogen) atoms. The summed E-state index contributed by atoms with van der Waals surface area (Å²) in [5.74, 6) is 3.17. The second-order valence-electron chi connectivity index (χ2n) is 5.84. The molecule has 2 aromatic heterocycles. The lowest BCUT2D eigenvalue weighted by Gasteiger charge is -2.11. The van der Waals surface area contributed by atoms with Gasteiger partial charge in [0.1, 0.15) is 0 Å². The van der Waals surface area contributed by atoms with Crippen molar-refractivity contribution >= 4 is 11.6 Å². The van der Waals surface area contributed by atoms with Gasteiger partial charge in [-0.3, -0.25) is 9.39 Å². The third kappa shape index (κ3) is 3.39. The molecule has 8 heteroatoms. The topological polar surface area (TPSA) is 85.1 Å². The molecule has 134 valence electrons. The number of benzene rings is 1. The second-order valence-corrected chi connectivity index (χ2v) is 5.84. The summed E-state index contributed by atoms with van der Waals surface area (Å²) in [6.45, 7) is 1.58. The molecule has 1 aromatic carbocycles. The predicted molar refractivity (Wildman–Crippen MR) is 97.5 cm³/mol. The molecule has 4 rings (SSSR count). The van der Waals surface area contributed by atoms with Crippen molar-refractivity contribution in [3.05, 3.63) is 54.0 Å². The van der Waals surface area contributed by atoms with Crippen LogP contribution in [0.25, 0.3) is 5.65 Å². The number of aromatic nitrogens is 3. The normalized spacial score (nSPS) is 13.2. The molecule has 0 aliphatic carbocycles. The first-order valence-electron chi connectivity index (χ1n) is 8.45. The smallest absolute Gasteiger partial charge is 0.231 e. The Hall–Kier alpha value is -3.29. The van der Waals surface area contributed by atoms with Crippen LogP contribution in [0.15, 0.2) is 47.6 Å². The molecule has 1 aliphatic heterocycles. The number of hydrogen-bond donors (Lipinski definition) is 2. The van der Waals surface area contributed by atoms with Crippen molar-refractivity contribution in [2.45, 2.75) is 13.0 Å². The number of rotatable bonds is 5. The summed E-state index contributed by atoms with van der Waals surface area (Å²) in [6, 6.07) is 11.8. The fraction of sp³-hybridized carbons (Fsp3) is 0.278. The highest BCUT2D eigenvalue weighted by Gasteiger charge is 2.13. The average Bonchev–Trinajstić information content (AvgIpc) is 3.31. The maximum absolute atomic E-state index is 5.41. The SMILES string of the molecule is CN=C(NCCc1ccc2c(c1)OCO2)NCc1nnc2ccccn12. The molecule has 0 amide bonds. The van der Waals surface area contributed by atoms with E-state index in [-0.39, 0.29) is 0 Å². The van der Waals surface area contributed by atoms with Crippen molar-refractivity contribution in [1.29, 1.82) is 0 Å². The molecule has 3 aromatic rings. The molecule has 0 spiro atoms. The van der Waals surface area contributed by atoms with E-state index in [1.807, 2.05) is 47.0 Å². The standard InChI is InChI=1S/C18H20N6O2/c1-19-18(21-11-17-23-22-16-4-2-3-9-24(16)17)20-8-7-13-5-6-14-15(10-13)26-12-25-14/h2-6,9-10H,7-8,11-12H2,1H3,(H2,19,20,21). The Balaban J connectivity index is 1.29. The molecule has 0 saturated carbocycles. The van der Waals surface area contributed by atoms with Crippen molar-refractivity contribution in [1.82, 2.24) is 25.2 Å². The summed E-state index contributed by atoms with van der Waals surface area (Å²) < 4.78 is 12.7. The van der Waals surface area contributed by atoms with Gasteiger partial charge < -0.3 is 20.1 Å². The van der Waals surface area contributed by atoms with Gasteiger partial charge in [-0.15, -0.1) is 10.2 Å². The average molecular weight is 352 g/mol. The van der Waals surface area contributed by atoms with Crippen LogP contribution in [0.1, 0.15) is 11.4 Å². The molecule has 0 atom stereocenters. The number of fused-ring (bicyclic) bond motifs is 2. The van der Waals surface area contributed by atoms with Gasteiger partial charge in [0.25, 0.3) is 0 Å². The second kappa shape index (κ2) is 7.30. The van der Waals surface area contributed by atoms with Crippen LogP contribution in [0.2, 0.25) is 0 Å². The Morgan fingerprint density at radius 2 is 2.08 bits per heavy atom. The van der Waals surface area contributed by atoms with Gasteiger partial charge in [0.05, 0.1) is 6.54 Å². The van der Waals surface area contributed by atoms with Gasteiger partial charge in [0.15, 0.2) is 28.9 Å². The number of pyridine rings is 1. The van der Waals surface area contributed by atoms with E-state index < -0.39 is 0 Å². The van der Waals surface area contributed by atoms with Gasteiger partial charge in [0, 0.05) is 19.8 Å². The zero-order chi connectivity index (χ0) is 17.8. The first-order valence-corrected chi connectivity index (χ1v) is 8.45. The van der Waals surface area contributed by atoms with Crippen molar-refractivity contribution < 1.29 is 9.47 Å². The Bertz CT molecular complexity index is 936. The summed E-state index contributed by atoms with van der Waals surface area (Å²) in [6.07, 6.45) is 2.80. The molecular weight excluding hydrogens is 332 g/mol. The highest BCUT2D eigenvalue weighted by Crippen LogP contribution is 2.32. The van der Waals surface area contributed by atoms with E-state index in [1.165, 1.54) is 5.56 Å². The van der Waals surface area contributed by atoms with Crippen molar-refractivity contribution in [3.63, 3.8) is 0 Å². The molecule has 0 saturated heterocycles. The van der Waals surface area contributed by atoms with E-state index in [9.17, 15) is 0 Å². The minimum absolute atomic E-state index is 0.297. The predicted octanol–water partition coefficient (Wildman–Crippen LogP) is 1.37. The van der Waals surface area contributed by atoms with Crippen molar-refractivity contribution in [3.8, 4) is 11.5 Å². The lowest BCUT2D eigenvalue weighted by molar-refractivity contribution is 0.174. The lowest BCUT2D eigenvalue weighted by Crippen LogP contribution is -2.38. The highest BCUT2D eigenvalue weighted by atomic mass is 16.7. The van der Waals surface area contributed by atoms with E-state index in [0.717, 1.165) is 41.9 Å². The van der Waals surface area contributed by atoms with Crippen LogP contribution in [-0.2, 0) is 13.0 Å². The Labute approximate surface area is 150 Å². The number of aliphatic imine (C=N–C) groups is 1. The minimum Gasteiger partial charge on any atom is -0.454 e. The number of nitrogens with zero attached hydrogens (tertiary/aromatic N) is 4. The molecule has 0 fully saturated rings.